The fourth-order valence-electron chi connectivity index (χ4n) is 0. The molecule has 2 nitrogen and oxygen atoms in total. The minimum atomic E-state index is 0.313. The molecule has 5 heavy (non-hydrogen) atoms. The van der Waals surface area contributed by atoms with Gasteiger partial charge in [-0.3, -0.25) is 0 Å². The van der Waals surface area contributed by atoms with Gasteiger partial charge in [-0.05, 0) is 0 Å². The van der Waals surface area contributed by atoms with Crippen LogP contribution in [0.15, 0.2) is 0 Å². The zero-order chi connectivity index (χ0) is 4.28. The zero-order valence-electron chi connectivity index (χ0n) is 2.29. The Morgan fingerprint density at radius 3 is 2.20 bits per heavy atom. The van der Waals surface area contributed by atoms with E-state index >= 15 is 0 Å². The Bertz CT molecular complexity index is 44.9. The van der Waals surface area contributed by atoms with Gasteiger partial charge in [0.05, 0.1) is 0 Å². The molecule has 0 aromatic carbocycles. The summed E-state index contributed by atoms with van der Waals surface area (Å²) >= 11 is 6.36. The van der Waals surface area contributed by atoms with Gasteiger partial charge in [0.2, 0.25) is 0 Å². The van der Waals surface area contributed by atoms with Gasteiger partial charge in [-0.25, -0.2) is 0 Å². The molecule has 0 aliphatic rings. The first-order valence-electron chi connectivity index (χ1n) is 0.894. The molecule has 0 atom stereocenters. The van der Waals surface area contributed by atoms with Crippen molar-refractivity contribution in [1.82, 2.24) is 3.72 Å². The Hall–Kier alpha value is 0.430. The monoisotopic (exact) mass is 272 g/mol. The summed E-state index contributed by atoms with van der Waals surface area (Å²) in [5, 5.41) is 0.313. The van der Waals surface area contributed by atoms with Crippen LogP contribution in [0, 0.1) is 0 Å². The Kier molecular flexibility index (Phi) is 2.88. The fourth-order valence-corrected chi connectivity index (χ4v) is 0. The van der Waals surface area contributed by atoms with E-state index in [4.69, 9.17) is 5.73 Å². The van der Waals surface area contributed by atoms with Crippen molar-refractivity contribution in [3.8, 4) is 0 Å². The van der Waals surface area contributed by atoms with Crippen molar-refractivity contribution in [2.45, 2.75) is 0 Å². The van der Waals surface area contributed by atoms with E-state index in [1.54, 1.807) is 0 Å². The average Bonchev–Trinajstić information content (AvgIpc) is 1.38. The standard InChI is InChI=1S/CH4N2S.Au/c2-1(3)4;/h(H4,2,3,4);/q;+1/p-1. The molecule has 0 unspecified atom stereocenters. The van der Waals surface area contributed by atoms with Crippen LogP contribution in [0.1, 0.15) is 0 Å². The normalized spacial score (nSPS) is 6.80. The van der Waals surface area contributed by atoms with Crippen LogP contribution in [0.5, 0.6) is 0 Å². The number of thiocarbonyl (C=S) groups is 1. The third-order valence-electron chi connectivity index (χ3n) is 0.0743. The fraction of sp³-hybridized carbons (Fsp3) is 0. The molecule has 34 valence electrons. The maximum atomic E-state index is 4.90. The van der Waals surface area contributed by atoms with Crippen LogP contribution in [-0.2, 0) is 21.3 Å². The van der Waals surface area contributed by atoms with Gasteiger partial charge < -0.3 is 0 Å². The SMILES string of the molecule is NC(=S)[NH][Au]. The molecule has 3 N–H and O–H groups in total. The summed E-state index contributed by atoms with van der Waals surface area (Å²) in [4.78, 5) is 0. The molecule has 0 aliphatic heterocycles. The minimum absolute atomic E-state index is 0.313. The van der Waals surface area contributed by atoms with Crippen LogP contribution in [0.3, 0.4) is 0 Å². The first-order valence-corrected chi connectivity index (χ1v) is 2.39. The van der Waals surface area contributed by atoms with Gasteiger partial charge in [-0.1, -0.05) is 0 Å². The summed E-state index contributed by atoms with van der Waals surface area (Å²) < 4.78 is 2.48. The molecule has 0 amide bonds. The molecule has 0 saturated heterocycles. The van der Waals surface area contributed by atoms with Crippen LogP contribution in [0.2, 0.25) is 0 Å². The summed E-state index contributed by atoms with van der Waals surface area (Å²) in [7, 11) is 0. The predicted molar refractivity (Wildman–Crippen MR) is 19.9 cm³/mol. The summed E-state index contributed by atoms with van der Waals surface area (Å²) in [5.74, 6) is 0. The average molecular weight is 272 g/mol. The number of nitrogens with two attached hydrogens (primary N) is 1. The number of hydrogen-bond donors (Lipinski definition) is 2. The quantitative estimate of drug-likeness (QED) is 0.451. The van der Waals surface area contributed by atoms with Gasteiger partial charge in [0.1, 0.15) is 0 Å². The van der Waals surface area contributed by atoms with Crippen molar-refractivity contribution < 1.29 is 21.3 Å². The first-order chi connectivity index (χ1) is 2.27. The molecule has 0 aromatic heterocycles. The molecule has 0 fully saturated rings. The van der Waals surface area contributed by atoms with Crippen molar-refractivity contribution in [2.75, 3.05) is 0 Å². The predicted octanol–water partition coefficient (Wildman–Crippen LogP) is -0.719. The van der Waals surface area contributed by atoms with Crippen molar-refractivity contribution in [2.24, 2.45) is 5.73 Å². The number of nitrogens with one attached hydrogen (secondary N) is 1. The van der Waals surface area contributed by atoms with E-state index in [0.29, 0.717) is 5.11 Å². The van der Waals surface area contributed by atoms with Gasteiger partial charge >= 0.3 is 48.1 Å². The Balaban J connectivity index is 2.85. The summed E-state index contributed by atoms with van der Waals surface area (Å²) in [6.07, 6.45) is 0. The van der Waals surface area contributed by atoms with Crippen molar-refractivity contribution in [3.63, 3.8) is 0 Å². The summed E-state index contributed by atoms with van der Waals surface area (Å²) in [6, 6.07) is 0. The maximum absolute atomic E-state index is 4.90. The first kappa shape index (κ1) is 5.43. The van der Waals surface area contributed by atoms with E-state index in [-0.39, 0.29) is 0 Å². The van der Waals surface area contributed by atoms with E-state index in [1.807, 2.05) is 21.3 Å². The molecule has 0 aliphatic carbocycles. The zero-order valence-corrected chi connectivity index (χ0v) is 5.27. The molecule has 4 heteroatoms. The van der Waals surface area contributed by atoms with Crippen LogP contribution in [-0.4, -0.2) is 5.11 Å². The number of rotatable bonds is 0. The molecule has 0 saturated carbocycles. The molecule has 0 bridgehead atoms. The van der Waals surface area contributed by atoms with E-state index in [1.165, 1.54) is 0 Å². The van der Waals surface area contributed by atoms with Gasteiger partial charge in [0, 0.05) is 0 Å². The molecule has 0 aromatic rings. The van der Waals surface area contributed by atoms with Gasteiger partial charge in [-0.2, -0.15) is 0 Å². The van der Waals surface area contributed by atoms with E-state index in [0.717, 1.165) is 0 Å². The Morgan fingerprint density at radius 1 is 2.00 bits per heavy atom. The summed E-state index contributed by atoms with van der Waals surface area (Å²) in [6.45, 7) is 0. The Labute approximate surface area is 48.3 Å². The second kappa shape index (κ2) is 2.66. The molecule has 0 radical (unpaired) electrons. The summed E-state index contributed by atoms with van der Waals surface area (Å²) in [5.41, 5.74) is 4.90. The van der Waals surface area contributed by atoms with Crippen molar-refractivity contribution in [3.05, 3.63) is 0 Å². The van der Waals surface area contributed by atoms with Crippen molar-refractivity contribution in [1.29, 1.82) is 0 Å². The van der Waals surface area contributed by atoms with Crippen LogP contribution in [0.25, 0.3) is 0 Å². The van der Waals surface area contributed by atoms with Crippen LogP contribution in [0.4, 0.5) is 0 Å². The molecule has 0 spiro atoms. The van der Waals surface area contributed by atoms with Crippen LogP contribution < -0.4 is 9.45 Å². The molecular formula is CH3AuN2S. The van der Waals surface area contributed by atoms with Crippen LogP contribution >= 0.6 is 12.2 Å². The van der Waals surface area contributed by atoms with Crippen molar-refractivity contribution >= 4 is 17.3 Å². The second-order valence-electron chi connectivity index (χ2n) is 0.440. The molecular weight excluding hydrogens is 269 g/mol. The number of hydrogen-bond acceptors (Lipinski definition) is 1. The topological polar surface area (TPSA) is 38.0 Å². The van der Waals surface area contributed by atoms with Gasteiger partial charge in [0.25, 0.3) is 0 Å². The molecule has 0 rings (SSSR count). The van der Waals surface area contributed by atoms with E-state index in [9.17, 15) is 0 Å². The third-order valence-corrected chi connectivity index (χ3v) is 1.11. The van der Waals surface area contributed by atoms with E-state index in [2.05, 4.69) is 15.9 Å². The second-order valence-corrected chi connectivity index (χ2v) is 1.42. The Morgan fingerprint density at radius 2 is 2.20 bits per heavy atom. The molecule has 0 heterocycles. The van der Waals surface area contributed by atoms with Gasteiger partial charge in [0.15, 0.2) is 0 Å². The van der Waals surface area contributed by atoms with E-state index < -0.39 is 0 Å². The third kappa shape index (κ3) is 4.43. The van der Waals surface area contributed by atoms with Gasteiger partial charge in [-0.15, -0.1) is 0 Å².